The van der Waals surface area contributed by atoms with Gasteiger partial charge in [-0.2, -0.15) is 0 Å². The molecule has 76 valence electrons. The molecule has 3 heteroatoms. The quantitative estimate of drug-likeness (QED) is 0.769. The van der Waals surface area contributed by atoms with E-state index in [4.69, 9.17) is 17.0 Å². The van der Waals surface area contributed by atoms with Gasteiger partial charge >= 0.3 is 0 Å². The van der Waals surface area contributed by atoms with E-state index in [9.17, 15) is 0 Å². The van der Waals surface area contributed by atoms with Crippen LogP contribution in [0.4, 0.5) is 5.69 Å². The van der Waals surface area contributed by atoms with E-state index < -0.39 is 0 Å². The van der Waals surface area contributed by atoms with Crippen LogP contribution < -0.4 is 10.1 Å². The molecule has 1 aromatic carbocycles. The van der Waals surface area contributed by atoms with Gasteiger partial charge in [0.15, 0.2) is 0 Å². The summed E-state index contributed by atoms with van der Waals surface area (Å²) >= 11 is 5.08. The second-order valence-corrected chi connectivity index (χ2v) is 3.35. The van der Waals surface area contributed by atoms with Gasteiger partial charge in [-0.05, 0) is 37.6 Å². The van der Waals surface area contributed by atoms with Crippen molar-refractivity contribution < 1.29 is 4.74 Å². The maximum absolute atomic E-state index is 5.33. The molecule has 0 saturated carbocycles. The van der Waals surface area contributed by atoms with E-state index in [-0.39, 0.29) is 0 Å². The Morgan fingerprint density at radius 1 is 1.29 bits per heavy atom. The van der Waals surface area contributed by atoms with Crippen molar-refractivity contribution in [3.8, 4) is 5.75 Å². The van der Waals surface area contributed by atoms with Crippen molar-refractivity contribution in [2.75, 3.05) is 11.9 Å². The first-order chi connectivity index (χ1) is 6.76. The van der Waals surface area contributed by atoms with Crippen LogP contribution in [0.15, 0.2) is 24.3 Å². The van der Waals surface area contributed by atoms with Crippen LogP contribution in [0.3, 0.4) is 0 Å². The molecule has 0 amide bonds. The minimum Gasteiger partial charge on any atom is -0.494 e. The predicted molar refractivity (Wildman–Crippen MR) is 64.1 cm³/mol. The van der Waals surface area contributed by atoms with Gasteiger partial charge in [-0.3, -0.25) is 0 Å². The fraction of sp³-hybridized carbons (Fsp3) is 0.364. The molecule has 0 aliphatic heterocycles. The molecular formula is C11H15NOS. The van der Waals surface area contributed by atoms with Gasteiger partial charge in [-0.15, -0.1) is 0 Å². The molecule has 0 fully saturated rings. The number of ether oxygens (including phenoxy) is 1. The van der Waals surface area contributed by atoms with Crippen molar-refractivity contribution in [3.05, 3.63) is 24.3 Å². The van der Waals surface area contributed by atoms with Gasteiger partial charge in [0.05, 0.1) is 11.6 Å². The standard InChI is InChI=1S/C11H15NOS/c1-3-11(14)12-9-5-7-10(8-6-9)13-4-2/h5-8H,3-4H2,1-2H3,(H,12,14). The Morgan fingerprint density at radius 2 is 1.93 bits per heavy atom. The van der Waals surface area contributed by atoms with Crippen LogP contribution in [0.1, 0.15) is 20.3 Å². The van der Waals surface area contributed by atoms with Gasteiger partial charge in [-0.1, -0.05) is 19.1 Å². The van der Waals surface area contributed by atoms with E-state index in [1.54, 1.807) is 0 Å². The lowest BCUT2D eigenvalue weighted by atomic mass is 10.3. The van der Waals surface area contributed by atoms with Crippen LogP contribution in [-0.2, 0) is 0 Å². The van der Waals surface area contributed by atoms with Gasteiger partial charge in [0, 0.05) is 5.69 Å². The SMILES string of the molecule is CCOc1ccc(NC(=S)CC)cc1. The third-order valence-electron chi connectivity index (χ3n) is 1.77. The molecule has 0 aromatic heterocycles. The normalized spacial score (nSPS) is 9.57. The minimum atomic E-state index is 0.695. The summed E-state index contributed by atoms with van der Waals surface area (Å²) < 4.78 is 5.33. The van der Waals surface area contributed by atoms with Gasteiger partial charge in [-0.25, -0.2) is 0 Å². The first-order valence-electron chi connectivity index (χ1n) is 4.79. The zero-order valence-corrected chi connectivity index (χ0v) is 9.36. The van der Waals surface area contributed by atoms with E-state index in [0.717, 1.165) is 22.8 Å². The topological polar surface area (TPSA) is 21.3 Å². The molecule has 0 atom stereocenters. The molecule has 1 N–H and O–H groups in total. The van der Waals surface area contributed by atoms with Crippen molar-refractivity contribution >= 4 is 22.9 Å². The Kier molecular flexibility index (Phi) is 4.40. The predicted octanol–water partition coefficient (Wildman–Crippen LogP) is 3.23. The summed E-state index contributed by atoms with van der Waals surface area (Å²) in [7, 11) is 0. The Labute approximate surface area is 90.3 Å². The fourth-order valence-corrected chi connectivity index (χ4v) is 1.17. The number of hydrogen-bond donors (Lipinski definition) is 1. The molecule has 0 aliphatic rings. The Hall–Kier alpha value is -1.09. The van der Waals surface area contributed by atoms with Crippen LogP contribution >= 0.6 is 12.2 Å². The summed E-state index contributed by atoms with van der Waals surface area (Å²) in [5.41, 5.74) is 1.01. The molecular weight excluding hydrogens is 194 g/mol. The molecule has 1 aromatic rings. The molecule has 0 saturated heterocycles. The molecule has 14 heavy (non-hydrogen) atoms. The summed E-state index contributed by atoms with van der Waals surface area (Å²) in [4.78, 5) is 0.856. The van der Waals surface area contributed by atoms with E-state index in [1.165, 1.54) is 0 Å². The number of benzene rings is 1. The minimum absolute atomic E-state index is 0.695. The van der Waals surface area contributed by atoms with E-state index in [0.29, 0.717) is 6.61 Å². The molecule has 0 unspecified atom stereocenters. The summed E-state index contributed by atoms with van der Waals surface area (Å²) in [6.07, 6.45) is 0.864. The highest BCUT2D eigenvalue weighted by Gasteiger charge is 1.95. The average Bonchev–Trinajstić information content (AvgIpc) is 2.21. The third-order valence-corrected chi connectivity index (χ3v) is 2.16. The first-order valence-corrected chi connectivity index (χ1v) is 5.19. The van der Waals surface area contributed by atoms with Crippen LogP contribution in [0, 0.1) is 0 Å². The monoisotopic (exact) mass is 209 g/mol. The lowest BCUT2D eigenvalue weighted by Crippen LogP contribution is -2.06. The molecule has 0 spiro atoms. The fourth-order valence-electron chi connectivity index (χ4n) is 1.05. The number of thiocarbonyl (C=S) groups is 1. The highest BCUT2D eigenvalue weighted by molar-refractivity contribution is 7.80. The van der Waals surface area contributed by atoms with Gasteiger partial charge in [0.25, 0.3) is 0 Å². The smallest absolute Gasteiger partial charge is 0.119 e. The van der Waals surface area contributed by atoms with Crippen molar-refractivity contribution in [2.24, 2.45) is 0 Å². The molecule has 0 radical (unpaired) electrons. The summed E-state index contributed by atoms with van der Waals surface area (Å²) in [6, 6.07) is 7.80. The van der Waals surface area contributed by atoms with Crippen molar-refractivity contribution in [1.29, 1.82) is 0 Å². The lowest BCUT2D eigenvalue weighted by Gasteiger charge is -2.07. The van der Waals surface area contributed by atoms with Crippen molar-refractivity contribution in [3.63, 3.8) is 0 Å². The Bertz CT molecular complexity index is 295. The zero-order chi connectivity index (χ0) is 10.4. The van der Waals surface area contributed by atoms with Crippen LogP contribution in [0.2, 0.25) is 0 Å². The first kappa shape index (κ1) is 11.0. The van der Waals surface area contributed by atoms with Gasteiger partial charge < -0.3 is 10.1 Å². The maximum Gasteiger partial charge on any atom is 0.119 e. The van der Waals surface area contributed by atoms with Crippen molar-refractivity contribution in [1.82, 2.24) is 0 Å². The maximum atomic E-state index is 5.33. The third kappa shape index (κ3) is 3.34. The second-order valence-electron chi connectivity index (χ2n) is 2.86. The second kappa shape index (κ2) is 5.60. The van der Waals surface area contributed by atoms with E-state index in [2.05, 4.69) is 5.32 Å². The van der Waals surface area contributed by atoms with Gasteiger partial charge in [0.2, 0.25) is 0 Å². The number of nitrogens with one attached hydrogen (secondary N) is 1. The highest BCUT2D eigenvalue weighted by atomic mass is 32.1. The van der Waals surface area contributed by atoms with Crippen LogP contribution in [0.5, 0.6) is 5.75 Å². The summed E-state index contributed by atoms with van der Waals surface area (Å²) in [5, 5.41) is 3.14. The molecule has 0 aliphatic carbocycles. The molecule has 1 rings (SSSR count). The molecule has 0 bridgehead atoms. The van der Waals surface area contributed by atoms with Crippen molar-refractivity contribution in [2.45, 2.75) is 20.3 Å². The van der Waals surface area contributed by atoms with E-state index >= 15 is 0 Å². The molecule has 0 heterocycles. The number of anilines is 1. The van der Waals surface area contributed by atoms with Crippen LogP contribution in [-0.4, -0.2) is 11.6 Å². The largest absolute Gasteiger partial charge is 0.494 e. The van der Waals surface area contributed by atoms with Crippen LogP contribution in [0.25, 0.3) is 0 Å². The highest BCUT2D eigenvalue weighted by Crippen LogP contribution is 2.15. The average molecular weight is 209 g/mol. The van der Waals surface area contributed by atoms with E-state index in [1.807, 2.05) is 38.1 Å². The van der Waals surface area contributed by atoms with Gasteiger partial charge in [0.1, 0.15) is 5.75 Å². The Morgan fingerprint density at radius 3 is 2.43 bits per heavy atom. The number of rotatable bonds is 4. The molecule has 2 nitrogen and oxygen atoms in total. The zero-order valence-electron chi connectivity index (χ0n) is 8.54. The number of hydrogen-bond acceptors (Lipinski definition) is 2. The Balaban J connectivity index is 2.59. The summed E-state index contributed by atoms with van der Waals surface area (Å²) in [6.45, 7) is 4.70. The summed E-state index contributed by atoms with van der Waals surface area (Å²) in [5.74, 6) is 0.889. The lowest BCUT2D eigenvalue weighted by molar-refractivity contribution is 0.340.